The van der Waals surface area contributed by atoms with Gasteiger partial charge in [0.1, 0.15) is 0 Å². The minimum atomic E-state index is -0.208. The zero-order valence-electron chi connectivity index (χ0n) is 14.6. The van der Waals surface area contributed by atoms with Crippen LogP contribution in [0.5, 0.6) is 11.5 Å². The monoisotopic (exact) mass is 334 g/mol. The third kappa shape index (κ3) is 9.18. The lowest BCUT2D eigenvalue weighted by Crippen LogP contribution is -2.16. The van der Waals surface area contributed by atoms with Gasteiger partial charge in [0.15, 0.2) is 11.5 Å². The first-order valence-corrected chi connectivity index (χ1v) is 8.97. The highest BCUT2D eigenvalue weighted by molar-refractivity contribution is 5.83. The number of nitrogens with one attached hydrogen (secondary N) is 1. The number of hydrogen-bond donors (Lipinski definition) is 3. The maximum atomic E-state index is 11.6. The van der Waals surface area contributed by atoms with Crippen molar-refractivity contribution in [1.29, 1.82) is 0 Å². The number of carbonyl (C=O) groups is 1. The number of phenolic OH excluding ortho intramolecular Hbond substituents is 2. The molecule has 1 aromatic carbocycles. The summed E-state index contributed by atoms with van der Waals surface area (Å²) in [6, 6.07) is 4.36. The SMILES string of the molecule is CCCCCCCCCCCC(=O)NN=Cc1ccc(O)c(O)c1. The Morgan fingerprint density at radius 1 is 1.00 bits per heavy atom. The molecule has 0 aliphatic carbocycles. The summed E-state index contributed by atoms with van der Waals surface area (Å²) in [6.07, 6.45) is 12.9. The average molecular weight is 334 g/mol. The summed E-state index contributed by atoms with van der Waals surface area (Å²) in [5.74, 6) is -0.487. The molecule has 0 aliphatic rings. The summed E-state index contributed by atoms with van der Waals surface area (Å²) in [5.41, 5.74) is 3.08. The van der Waals surface area contributed by atoms with Crippen molar-refractivity contribution in [3.63, 3.8) is 0 Å². The van der Waals surface area contributed by atoms with Crippen LogP contribution in [0.2, 0.25) is 0 Å². The van der Waals surface area contributed by atoms with Gasteiger partial charge in [0.2, 0.25) is 5.91 Å². The van der Waals surface area contributed by atoms with Crippen LogP contribution in [0.4, 0.5) is 0 Å². The van der Waals surface area contributed by atoms with Gasteiger partial charge in [-0.05, 0) is 30.2 Å². The molecule has 0 saturated heterocycles. The Morgan fingerprint density at radius 2 is 1.62 bits per heavy atom. The molecule has 0 saturated carbocycles. The van der Waals surface area contributed by atoms with Gasteiger partial charge in [-0.15, -0.1) is 0 Å². The van der Waals surface area contributed by atoms with E-state index in [9.17, 15) is 15.0 Å². The molecule has 0 radical (unpaired) electrons. The fourth-order valence-electron chi connectivity index (χ4n) is 2.45. The molecule has 3 N–H and O–H groups in total. The molecule has 0 spiro atoms. The van der Waals surface area contributed by atoms with Gasteiger partial charge in [0.25, 0.3) is 0 Å². The predicted octanol–water partition coefficient (Wildman–Crippen LogP) is 4.47. The molecule has 0 atom stereocenters. The van der Waals surface area contributed by atoms with Gasteiger partial charge in [0, 0.05) is 6.42 Å². The molecule has 0 unspecified atom stereocenters. The largest absolute Gasteiger partial charge is 0.504 e. The molecule has 1 aromatic rings. The second-order valence-corrected chi connectivity index (χ2v) is 6.12. The van der Waals surface area contributed by atoms with Crippen LogP contribution >= 0.6 is 0 Å². The average Bonchev–Trinajstić information content (AvgIpc) is 2.56. The standard InChI is InChI=1S/C19H30N2O3/c1-2-3-4-5-6-7-8-9-10-11-19(24)21-20-15-16-12-13-17(22)18(23)14-16/h12-15,22-23H,2-11H2,1H3,(H,21,24). The van der Waals surface area contributed by atoms with Crippen molar-refractivity contribution in [2.45, 2.75) is 71.1 Å². The lowest BCUT2D eigenvalue weighted by molar-refractivity contribution is -0.121. The van der Waals surface area contributed by atoms with Crippen molar-refractivity contribution in [2.24, 2.45) is 5.10 Å². The Balaban J connectivity index is 2.05. The molecule has 0 aromatic heterocycles. The van der Waals surface area contributed by atoms with E-state index in [1.165, 1.54) is 63.3 Å². The van der Waals surface area contributed by atoms with E-state index in [1.807, 2.05) is 0 Å². The summed E-state index contributed by atoms with van der Waals surface area (Å²) < 4.78 is 0. The van der Waals surface area contributed by atoms with Gasteiger partial charge in [-0.1, -0.05) is 58.3 Å². The summed E-state index contributed by atoms with van der Waals surface area (Å²) in [5, 5.41) is 22.4. The number of amides is 1. The first-order chi connectivity index (χ1) is 11.6. The second kappa shape index (κ2) is 12.4. The Hall–Kier alpha value is -2.04. The van der Waals surface area contributed by atoms with E-state index in [1.54, 1.807) is 6.07 Å². The molecule has 0 fully saturated rings. The predicted molar refractivity (Wildman–Crippen MR) is 97.4 cm³/mol. The van der Waals surface area contributed by atoms with Crippen LogP contribution in [-0.4, -0.2) is 22.3 Å². The zero-order chi connectivity index (χ0) is 17.6. The third-order valence-corrected chi connectivity index (χ3v) is 3.91. The number of nitrogens with zero attached hydrogens (tertiary/aromatic N) is 1. The maximum Gasteiger partial charge on any atom is 0.240 e. The normalized spacial score (nSPS) is 11.0. The summed E-state index contributed by atoms with van der Waals surface area (Å²) >= 11 is 0. The fraction of sp³-hybridized carbons (Fsp3) is 0.579. The van der Waals surface area contributed by atoms with E-state index < -0.39 is 0 Å². The van der Waals surface area contributed by atoms with E-state index in [-0.39, 0.29) is 17.4 Å². The highest BCUT2D eigenvalue weighted by Crippen LogP contribution is 2.23. The minimum Gasteiger partial charge on any atom is -0.504 e. The van der Waals surface area contributed by atoms with E-state index >= 15 is 0 Å². The van der Waals surface area contributed by atoms with Gasteiger partial charge >= 0.3 is 0 Å². The van der Waals surface area contributed by atoms with E-state index in [0.29, 0.717) is 12.0 Å². The summed E-state index contributed by atoms with van der Waals surface area (Å²) in [7, 11) is 0. The van der Waals surface area contributed by atoms with E-state index in [4.69, 9.17) is 0 Å². The number of hydrogen-bond acceptors (Lipinski definition) is 4. The molecule has 1 rings (SSSR count). The topological polar surface area (TPSA) is 81.9 Å². The molecule has 5 heteroatoms. The van der Waals surface area contributed by atoms with Crippen molar-refractivity contribution < 1.29 is 15.0 Å². The number of phenols is 2. The molecule has 0 bridgehead atoms. The molecule has 5 nitrogen and oxygen atoms in total. The molecule has 0 heterocycles. The quantitative estimate of drug-likeness (QED) is 0.228. The van der Waals surface area contributed by atoms with Crippen LogP contribution in [0, 0.1) is 0 Å². The van der Waals surface area contributed by atoms with Gasteiger partial charge in [0.05, 0.1) is 6.21 Å². The number of hydrazone groups is 1. The van der Waals surface area contributed by atoms with Crippen LogP contribution in [0.15, 0.2) is 23.3 Å². The Morgan fingerprint density at radius 3 is 2.25 bits per heavy atom. The highest BCUT2D eigenvalue weighted by atomic mass is 16.3. The van der Waals surface area contributed by atoms with Gasteiger partial charge in [-0.3, -0.25) is 4.79 Å². The van der Waals surface area contributed by atoms with Crippen molar-refractivity contribution in [2.75, 3.05) is 0 Å². The van der Waals surface area contributed by atoms with Crippen LogP contribution in [-0.2, 0) is 4.79 Å². The summed E-state index contributed by atoms with van der Waals surface area (Å²) in [4.78, 5) is 11.6. The molecule has 1 amide bonds. The third-order valence-electron chi connectivity index (χ3n) is 3.91. The maximum absolute atomic E-state index is 11.6. The zero-order valence-corrected chi connectivity index (χ0v) is 14.6. The number of aromatic hydroxyl groups is 2. The molecule has 24 heavy (non-hydrogen) atoms. The van der Waals surface area contributed by atoms with Crippen molar-refractivity contribution in [1.82, 2.24) is 5.43 Å². The van der Waals surface area contributed by atoms with Gasteiger partial charge in [-0.25, -0.2) is 5.43 Å². The minimum absolute atomic E-state index is 0.0998. The Bertz CT molecular complexity index is 515. The van der Waals surface area contributed by atoms with Crippen molar-refractivity contribution in [3.05, 3.63) is 23.8 Å². The molecule has 0 aliphatic heterocycles. The van der Waals surface area contributed by atoms with Crippen LogP contribution in [0.3, 0.4) is 0 Å². The first kappa shape index (κ1) is 20.0. The van der Waals surface area contributed by atoms with Crippen LogP contribution in [0.1, 0.15) is 76.7 Å². The van der Waals surface area contributed by atoms with Crippen LogP contribution in [0.25, 0.3) is 0 Å². The molecule has 134 valence electrons. The molecular weight excluding hydrogens is 304 g/mol. The highest BCUT2D eigenvalue weighted by Gasteiger charge is 2.01. The van der Waals surface area contributed by atoms with Crippen molar-refractivity contribution in [3.8, 4) is 11.5 Å². The number of rotatable bonds is 12. The molecular formula is C19H30N2O3. The smallest absolute Gasteiger partial charge is 0.240 e. The first-order valence-electron chi connectivity index (χ1n) is 8.97. The van der Waals surface area contributed by atoms with E-state index in [2.05, 4.69) is 17.5 Å². The number of benzene rings is 1. The second-order valence-electron chi connectivity index (χ2n) is 6.12. The number of unbranched alkanes of at least 4 members (excludes halogenated alkanes) is 8. The number of carbonyl (C=O) groups excluding carboxylic acids is 1. The van der Waals surface area contributed by atoms with Crippen LogP contribution < -0.4 is 5.43 Å². The van der Waals surface area contributed by atoms with Gasteiger partial charge in [-0.2, -0.15) is 5.10 Å². The lowest BCUT2D eigenvalue weighted by atomic mass is 10.1. The fourth-order valence-corrected chi connectivity index (χ4v) is 2.45. The Kier molecular flexibility index (Phi) is 10.3. The van der Waals surface area contributed by atoms with Crippen molar-refractivity contribution >= 4 is 12.1 Å². The lowest BCUT2D eigenvalue weighted by Gasteiger charge is -2.02. The van der Waals surface area contributed by atoms with E-state index in [0.717, 1.165) is 12.8 Å². The summed E-state index contributed by atoms with van der Waals surface area (Å²) in [6.45, 7) is 2.23. The van der Waals surface area contributed by atoms with Gasteiger partial charge < -0.3 is 10.2 Å². The Labute approximate surface area is 144 Å².